The molecule has 0 saturated heterocycles. The monoisotopic (exact) mass is 293 g/mol. The summed E-state index contributed by atoms with van der Waals surface area (Å²) in [5.41, 5.74) is 0.906. The van der Waals surface area contributed by atoms with Crippen LogP contribution in [0.15, 0.2) is 28.8 Å². The van der Waals surface area contributed by atoms with E-state index in [1.807, 2.05) is 31.3 Å². The number of rotatable bonds is 5. The van der Waals surface area contributed by atoms with Crippen molar-refractivity contribution in [1.29, 1.82) is 0 Å². The van der Waals surface area contributed by atoms with Gasteiger partial charge in [0.25, 0.3) is 0 Å². The van der Waals surface area contributed by atoms with Crippen LogP contribution in [0.25, 0.3) is 11.4 Å². The van der Waals surface area contributed by atoms with Crippen molar-refractivity contribution in [3.8, 4) is 11.4 Å². The first-order valence-electron chi connectivity index (χ1n) is 6.79. The van der Waals surface area contributed by atoms with Gasteiger partial charge in [0.2, 0.25) is 11.7 Å². The quantitative estimate of drug-likeness (QED) is 0.912. The molecule has 1 aromatic heterocycles. The molecule has 2 unspecified atom stereocenters. The van der Waals surface area contributed by atoms with Gasteiger partial charge in [-0.05, 0) is 44.2 Å². The maximum atomic E-state index is 5.88. The highest BCUT2D eigenvalue weighted by Crippen LogP contribution is 2.28. The fraction of sp³-hybridized carbons (Fsp3) is 0.467. The van der Waals surface area contributed by atoms with E-state index in [9.17, 15) is 0 Å². The molecule has 5 heteroatoms. The van der Waals surface area contributed by atoms with Gasteiger partial charge in [-0.15, -0.1) is 0 Å². The van der Waals surface area contributed by atoms with Crippen molar-refractivity contribution in [2.24, 2.45) is 5.92 Å². The van der Waals surface area contributed by atoms with E-state index in [2.05, 4.69) is 36.2 Å². The van der Waals surface area contributed by atoms with Crippen molar-refractivity contribution in [1.82, 2.24) is 15.5 Å². The van der Waals surface area contributed by atoms with E-state index >= 15 is 0 Å². The van der Waals surface area contributed by atoms with Crippen LogP contribution in [0.1, 0.15) is 32.6 Å². The topological polar surface area (TPSA) is 51.0 Å². The van der Waals surface area contributed by atoms with Crippen LogP contribution < -0.4 is 5.32 Å². The number of hydrogen-bond acceptors (Lipinski definition) is 4. The van der Waals surface area contributed by atoms with E-state index in [-0.39, 0.29) is 12.0 Å². The van der Waals surface area contributed by atoms with Crippen LogP contribution in [0.5, 0.6) is 0 Å². The van der Waals surface area contributed by atoms with E-state index in [0.717, 1.165) is 5.56 Å². The van der Waals surface area contributed by atoms with Crippen LogP contribution >= 0.6 is 11.6 Å². The predicted molar refractivity (Wildman–Crippen MR) is 80.8 cm³/mol. The zero-order valence-corrected chi connectivity index (χ0v) is 13.0. The summed E-state index contributed by atoms with van der Waals surface area (Å²) in [5, 5.41) is 8.03. The van der Waals surface area contributed by atoms with Crippen LogP contribution in [-0.4, -0.2) is 23.2 Å². The summed E-state index contributed by atoms with van der Waals surface area (Å²) in [6.45, 7) is 6.44. The Morgan fingerprint density at radius 3 is 2.35 bits per heavy atom. The van der Waals surface area contributed by atoms with Gasteiger partial charge in [-0.25, -0.2) is 0 Å². The number of likely N-dealkylation sites (N-methyl/N-ethyl adjacent to an activating group) is 1. The summed E-state index contributed by atoms with van der Waals surface area (Å²) in [5.74, 6) is 1.88. The van der Waals surface area contributed by atoms with Crippen LogP contribution in [0.3, 0.4) is 0 Å². The molecule has 0 aliphatic carbocycles. The molecule has 2 rings (SSSR count). The van der Waals surface area contributed by atoms with Crippen LogP contribution in [0.2, 0.25) is 5.02 Å². The van der Waals surface area contributed by atoms with E-state index in [1.165, 1.54) is 0 Å². The third-order valence-electron chi connectivity index (χ3n) is 3.54. The molecule has 0 bridgehead atoms. The zero-order valence-electron chi connectivity index (χ0n) is 12.2. The minimum Gasteiger partial charge on any atom is -0.339 e. The number of nitrogens with zero attached hydrogens (tertiary/aromatic N) is 2. The fourth-order valence-corrected chi connectivity index (χ4v) is 2.47. The van der Waals surface area contributed by atoms with E-state index in [0.29, 0.717) is 22.7 Å². The predicted octanol–water partition coefficient (Wildman–Crippen LogP) is 3.74. The van der Waals surface area contributed by atoms with Gasteiger partial charge in [0.15, 0.2) is 0 Å². The lowest BCUT2D eigenvalue weighted by Gasteiger charge is -2.23. The highest BCUT2D eigenvalue weighted by Gasteiger charge is 2.27. The van der Waals surface area contributed by atoms with Gasteiger partial charge in [0.1, 0.15) is 0 Å². The van der Waals surface area contributed by atoms with E-state index in [1.54, 1.807) is 0 Å². The lowest BCUT2D eigenvalue weighted by Crippen LogP contribution is -2.32. The molecule has 1 heterocycles. The normalized spacial score (nSPS) is 14.5. The molecule has 0 aliphatic rings. The first-order valence-corrected chi connectivity index (χ1v) is 7.17. The summed E-state index contributed by atoms with van der Waals surface area (Å²) >= 11 is 5.88. The second-order valence-electron chi connectivity index (χ2n) is 5.31. The number of halogens is 1. The molecule has 1 N–H and O–H groups in total. The number of benzene rings is 1. The molecular weight excluding hydrogens is 274 g/mol. The van der Waals surface area contributed by atoms with Gasteiger partial charge in [-0.2, -0.15) is 4.98 Å². The fourth-order valence-electron chi connectivity index (χ4n) is 2.34. The lowest BCUT2D eigenvalue weighted by atomic mass is 9.89. The molecule has 2 aromatic rings. The Morgan fingerprint density at radius 1 is 1.15 bits per heavy atom. The van der Waals surface area contributed by atoms with E-state index < -0.39 is 0 Å². The average molecular weight is 294 g/mol. The highest BCUT2D eigenvalue weighted by molar-refractivity contribution is 6.30. The molecule has 0 aliphatic heterocycles. The Kier molecular flexibility index (Phi) is 4.78. The van der Waals surface area contributed by atoms with Crippen molar-refractivity contribution in [2.45, 2.75) is 32.7 Å². The molecule has 0 saturated carbocycles. The maximum absolute atomic E-state index is 5.88. The largest absolute Gasteiger partial charge is 0.339 e. The Labute approximate surface area is 124 Å². The Balaban J connectivity index is 2.29. The first kappa shape index (κ1) is 15.0. The molecule has 0 radical (unpaired) electrons. The van der Waals surface area contributed by atoms with Gasteiger partial charge in [0.05, 0.1) is 5.92 Å². The Bertz CT molecular complexity index is 551. The van der Waals surface area contributed by atoms with Crippen molar-refractivity contribution < 1.29 is 4.52 Å². The number of aromatic nitrogens is 2. The Morgan fingerprint density at radius 2 is 1.80 bits per heavy atom. The number of nitrogens with one attached hydrogen (secondary N) is 1. The van der Waals surface area contributed by atoms with Crippen LogP contribution in [-0.2, 0) is 0 Å². The maximum Gasteiger partial charge on any atom is 0.231 e. The molecule has 20 heavy (non-hydrogen) atoms. The summed E-state index contributed by atoms with van der Waals surface area (Å²) in [7, 11) is 1.94. The van der Waals surface area contributed by atoms with Gasteiger partial charge < -0.3 is 9.84 Å². The van der Waals surface area contributed by atoms with Crippen LogP contribution in [0.4, 0.5) is 0 Å². The molecule has 0 spiro atoms. The summed E-state index contributed by atoms with van der Waals surface area (Å²) in [6, 6.07) is 7.70. The average Bonchev–Trinajstić information content (AvgIpc) is 2.88. The first-order chi connectivity index (χ1) is 9.52. The standard InChI is InChI=1S/C15H20ClN3O/c1-9(2)13(10(3)17-4)15-18-14(19-20-15)11-5-7-12(16)8-6-11/h5-10,13,17H,1-4H3. The van der Waals surface area contributed by atoms with Crippen molar-refractivity contribution in [2.75, 3.05) is 7.05 Å². The molecule has 108 valence electrons. The van der Waals surface area contributed by atoms with Crippen molar-refractivity contribution in [3.05, 3.63) is 35.2 Å². The minimum absolute atomic E-state index is 0.188. The lowest BCUT2D eigenvalue weighted by molar-refractivity contribution is 0.286. The van der Waals surface area contributed by atoms with Gasteiger partial charge in [0, 0.05) is 16.6 Å². The smallest absolute Gasteiger partial charge is 0.231 e. The van der Waals surface area contributed by atoms with Gasteiger partial charge in [-0.3, -0.25) is 0 Å². The minimum atomic E-state index is 0.188. The van der Waals surface area contributed by atoms with Crippen molar-refractivity contribution in [3.63, 3.8) is 0 Å². The molecule has 4 nitrogen and oxygen atoms in total. The summed E-state index contributed by atoms with van der Waals surface area (Å²) in [6.07, 6.45) is 0. The SMILES string of the molecule is CNC(C)C(c1nc(-c2ccc(Cl)cc2)no1)C(C)C. The second kappa shape index (κ2) is 6.37. The summed E-state index contributed by atoms with van der Waals surface area (Å²) in [4.78, 5) is 4.54. The highest BCUT2D eigenvalue weighted by atomic mass is 35.5. The molecule has 2 atom stereocenters. The number of hydrogen-bond donors (Lipinski definition) is 1. The second-order valence-corrected chi connectivity index (χ2v) is 5.75. The van der Waals surface area contributed by atoms with Crippen LogP contribution in [0, 0.1) is 5.92 Å². The van der Waals surface area contributed by atoms with E-state index in [4.69, 9.17) is 16.1 Å². The Hall–Kier alpha value is -1.39. The molecule has 0 amide bonds. The van der Waals surface area contributed by atoms with Crippen molar-refractivity contribution >= 4 is 11.6 Å². The zero-order chi connectivity index (χ0) is 14.7. The third-order valence-corrected chi connectivity index (χ3v) is 3.79. The van der Waals surface area contributed by atoms with Gasteiger partial charge >= 0.3 is 0 Å². The molecule has 0 fully saturated rings. The summed E-state index contributed by atoms with van der Waals surface area (Å²) < 4.78 is 5.46. The van der Waals surface area contributed by atoms with Gasteiger partial charge in [-0.1, -0.05) is 30.6 Å². The third kappa shape index (κ3) is 3.19. The molecular formula is C15H20ClN3O. The molecule has 1 aromatic carbocycles.